The number of hydrogen-bond acceptors (Lipinski definition) is 4. The van der Waals surface area contributed by atoms with Crippen molar-refractivity contribution in [3.05, 3.63) is 28.8 Å². The van der Waals surface area contributed by atoms with Crippen LogP contribution in [0.25, 0.3) is 0 Å². The van der Waals surface area contributed by atoms with E-state index in [1.165, 1.54) is 19.2 Å². The summed E-state index contributed by atoms with van der Waals surface area (Å²) in [6.07, 6.45) is 2.50. The number of nitrogens with one attached hydrogen (secondary N) is 1. The highest BCUT2D eigenvalue weighted by Gasteiger charge is 2.15. The molecule has 1 aromatic carbocycles. The molecule has 0 fully saturated rings. The predicted molar refractivity (Wildman–Crippen MR) is 78.9 cm³/mol. The first-order chi connectivity index (χ1) is 9.49. The van der Waals surface area contributed by atoms with Crippen molar-refractivity contribution in [2.75, 3.05) is 12.4 Å². The Morgan fingerprint density at radius 1 is 1.45 bits per heavy atom. The van der Waals surface area contributed by atoms with Gasteiger partial charge in [-0.05, 0) is 24.6 Å². The van der Waals surface area contributed by atoms with Gasteiger partial charge in [0.2, 0.25) is 5.91 Å². The summed E-state index contributed by atoms with van der Waals surface area (Å²) in [5.41, 5.74) is 6.44. The number of esters is 1. The quantitative estimate of drug-likeness (QED) is 0.791. The number of carbonyl (C=O) groups is 2. The first-order valence-corrected chi connectivity index (χ1v) is 6.81. The van der Waals surface area contributed by atoms with Gasteiger partial charge in [-0.25, -0.2) is 4.79 Å². The van der Waals surface area contributed by atoms with Gasteiger partial charge < -0.3 is 15.8 Å². The minimum atomic E-state index is -0.563. The van der Waals surface area contributed by atoms with Gasteiger partial charge in [0.15, 0.2) is 0 Å². The van der Waals surface area contributed by atoms with E-state index in [1.807, 2.05) is 6.92 Å². The van der Waals surface area contributed by atoms with Crippen LogP contribution in [0.5, 0.6) is 0 Å². The number of benzene rings is 1. The third-order valence-electron chi connectivity index (χ3n) is 2.84. The van der Waals surface area contributed by atoms with Crippen LogP contribution in [-0.2, 0) is 9.53 Å². The lowest BCUT2D eigenvalue weighted by Gasteiger charge is -2.12. The number of nitrogens with two attached hydrogens (primary N) is 1. The standard InChI is InChI=1S/C14H19ClN2O3/c1-3-4-5-12(16)13(18)17-9-6-7-11(15)10(8-9)14(19)20-2/h6-8,12H,3-5,16H2,1-2H3,(H,17,18)/t12-/m0/s1. The van der Waals surface area contributed by atoms with Crippen LogP contribution in [0.2, 0.25) is 5.02 Å². The molecule has 1 rings (SSSR count). The van der Waals surface area contributed by atoms with Crippen molar-refractivity contribution in [1.82, 2.24) is 0 Å². The maximum absolute atomic E-state index is 11.9. The smallest absolute Gasteiger partial charge is 0.339 e. The number of unbranched alkanes of at least 4 members (excludes halogenated alkanes) is 1. The summed E-state index contributed by atoms with van der Waals surface area (Å²) < 4.78 is 4.62. The maximum atomic E-state index is 11.9. The molecular weight excluding hydrogens is 280 g/mol. The monoisotopic (exact) mass is 298 g/mol. The molecule has 0 saturated carbocycles. The molecular formula is C14H19ClN2O3. The fourth-order valence-electron chi connectivity index (χ4n) is 1.66. The van der Waals surface area contributed by atoms with E-state index in [0.717, 1.165) is 12.8 Å². The predicted octanol–water partition coefficient (Wildman–Crippen LogP) is 2.58. The summed E-state index contributed by atoms with van der Waals surface area (Å²) in [6, 6.07) is 4.05. The van der Waals surface area contributed by atoms with E-state index in [-0.39, 0.29) is 16.5 Å². The van der Waals surface area contributed by atoms with E-state index in [2.05, 4.69) is 10.1 Å². The minimum absolute atomic E-state index is 0.203. The van der Waals surface area contributed by atoms with Crippen LogP contribution < -0.4 is 11.1 Å². The summed E-state index contributed by atoms with van der Waals surface area (Å²) in [4.78, 5) is 23.4. The average molecular weight is 299 g/mol. The first-order valence-electron chi connectivity index (χ1n) is 6.44. The van der Waals surface area contributed by atoms with Gasteiger partial charge in [-0.1, -0.05) is 31.4 Å². The van der Waals surface area contributed by atoms with E-state index in [9.17, 15) is 9.59 Å². The number of carbonyl (C=O) groups excluding carboxylic acids is 2. The zero-order chi connectivity index (χ0) is 15.1. The van der Waals surface area contributed by atoms with Gasteiger partial charge >= 0.3 is 5.97 Å². The minimum Gasteiger partial charge on any atom is -0.465 e. The zero-order valence-corrected chi connectivity index (χ0v) is 12.4. The number of halogens is 1. The molecule has 1 atom stereocenters. The Balaban J connectivity index is 2.78. The molecule has 0 aliphatic carbocycles. The van der Waals surface area contributed by atoms with E-state index < -0.39 is 12.0 Å². The maximum Gasteiger partial charge on any atom is 0.339 e. The van der Waals surface area contributed by atoms with Crippen molar-refractivity contribution in [2.24, 2.45) is 5.73 Å². The lowest BCUT2D eigenvalue weighted by Crippen LogP contribution is -2.35. The van der Waals surface area contributed by atoms with Crippen molar-refractivity contribution in [1.29, 1.82) is 0 Å². The van der Waals surface area contributed by atoms with E-state index >= 15 is 0 Å². The summed E-state index contributed by atoms with van der Waals surface area (Å²) in [5.74, 6) is -0.835. The van der Waals surface area contributed by atoms with Crippen LogP contribution in [-0.4, -0.2) is 25.0 Å². The molecule has 0 radical (unpaired) electrons. The van der Waals surface area contributed by atoms with E-state index in [0.29, 0.717) is 12.1 Å². The molecule has 6 heteroatoms. The number of hydrogen-bond donors (Lipinski definition) is 2. The van der Waals surface area contributed by atoms with Crippen molar-refractivity contribution >= 4 is 29.2 Å². The molecule has 1 amide bonds. The molecule has 0 spiro atoms. The van der Waals surface area contributed by atoms with Gasteiger partial charge in [-0.2, -0.15) is 0 Å². The fraction of sp³-hybridized carbons (Fsp3) is 0.429. The number of rotatable bonds is 6. The van der Waals surface area contributed by atoms with Crippen molar-refractivity contribution < 1.29 is 14.3 Å². The molecule has 1 aromatic rings. The molecule has 5 nitrogen and oxygen atoms in total. The Hall–Kier alpha value is -1.59. The van der Waals surface area contributed by atoms with Crippen LogP contribution in [0.15, 0.2) is 18.2 Å². The summed E-state index contributed by atoms with van der Waals surface area (Å²) in [6.45, 7) is 2.03. The molecule has 3 N–H and O–H groups in total. The van der Waals surface area contributed by atoms with Crippen molar-refractivity contribution in [3.63, 3.8) is 0 Å². The van der Waals surface area contributed by atoms with Gasteiger partial charge in [-0.3, -0.25) is 4.79 Å². The largest absolute Gasteiger partial charge is 0.465 e. The number of methoxy groups -OCH3 is 1. The Morgan fingerprint density at radius 3 is 2.75 bits per heavy atom. The highest BCUT2D eigenvalue weighted by molar-refractivity contribution is 6.33. The van der Waals surface area contributed by atoms with Crippen LogP contribution in [0.3, 0.4) is 0 Å². The topological polar surface area (TPSA) is 81.4 Å². The van der Waals surface area contributed by atoms with Crippen LogP contribution in [0.4, 0.5) is 5.69 Å². The highest BCUT2D eigenvalue weighted by Crippen LogP contribution is 2.21. The lowest BCUT2D eigenvalue weighted by molar-refractivity contribution is -0.117. The molecule has 0 aromatic heterocycles. The average Bonchev–Trinajstić information content (AvgIpc) is 2.45. The molecule has 0 saturated heterocycles. The van der Waals surface area contributed by atoms with Crippen LogP contribution in [0.1, 0.15) is 36.5 Å². The van der Waals surface area contributed by atoms with Gasteiger partial charge in [0.05, 0.1) is 23.7 Å². The van der Waals surface area contributed by atoms with Crippen LogP contribution >= 0.6 is 11.6 Å². The van der Waals surface area contributed by atoms with Crippen molar-refractivity contribution in [2.45, 2.75) is 32.2 Å². The Kier molecular flexibility index (Phi) is 6.48. The third kappa shape index (κ3) is 4.51. The second-order valence-corrected chi connectivity index (χ2v) is 4.83. The SMILES string of the molecule is CCCC[C@H](N)C(=O)Nc1ccc(Cl)c(C(=O)OC)c1. The van der Waals surface area contributed by atoms with Crippen molar-refractivity contribution in [3.8, 4) is 0 Å². The third-order valence-corrected chi connectivity index (χ3v) is 3.17. The highest BCUT2D eigenvalue weighted by atomic mass is 35.5. The summed E-state index contributed by atoms with van der Waals surface area (Å²) in [5, 5.41) is 2.94. The Bertz CT molecular complexity index is 491. The molecule has 0 heterocycles. The van der Waals surface area contributed by atoms with Crippen LogP contribution in [0, 0.1) is 0 Å². The lowest BCUT2D eigenvalue weighted by atomic mass is 10.1. The summed E-state index contributed by atoms with van der Waals surface area (Å²) >= 11 is 5.90. The van der Waals surface area contributed by atoms with Gasteiger partial charge in [0.1, 0.15) is 0 Å². The number of ether oxygens (including phenoxy) is 1. The molecule has 110 valence electrons. The molecule has 0 bridgehead atoms. The first kappa shape index (κ1) is 16.5. The van der Waals surface area contributed by atoms with E-state index in [1.54, 1.807) is 6.07 Å². The number of amides is 1. The Labute approximate surface area is 123 Å². The molecule has 20 heavy (non-hydrogen) atoms. The molecule has 0 aliphatic rings. The molecule has 0 aliphatic heterocycles. The fourth-order valence-corrected chi connectivity index (χ4v) is 1.85. The van der Waals surface area contributed by atoms with Gasteiger partial charge in [-0.15, -0.1) is 0 Å². The zero-order valence-electron chi connectivity index (χ0n) is 11.6. The summed E-state index contributed by atoms with van der Waals surface area (Å²) in [7, 11) is 1.27. The number of anilines is 1. The normalized spacial score (nSPS) is 11.8. The van der Waals surface area contributed by atoms with E-state index in [4.69, 9.17) is 17.3 Å². The Morgan fingerprint density at radius 2 is 2.15 bits per heavy atom. The second-order valence-electron chi connectivity index (χ2n) is 4.42. The second kappa shape index (κ2) is 7.87. The van der Waals surface area contributed by atoms with Gasteiger partial charge in [0.25, 0.3) is 0 Å². The van der Waals surface area contributed by atoms with Gasteiger partial charge in [0, 0.05) is 5.69 Å². The molecule has 0 unspecified atom stereocenters.